The number of sulfone groups is 1. The quantitative estimate of drug-likeness (QED) is 0.385. The molecule has 3 rings (SSSR count). The average Bonchev–Trinajstić information content (AvgIpc) is 2.61. The number of benzene rings is 1. The number of nitrogens with one attached hydrogen (secondary N) is 1. The van der Waals surface area contributed by atoms with E-state index >= 15 is 0 Å². The third-order valence-electron chi connectivity index (χ3n) is 5.48. The fraction of sp³-hybridized carbons (Fsp3) is 0.632. The summed E-state index contributed by atoms with van der Waals surface area (Å²) in [4.78, 5) is 8.88. The Balaban J connectivity index is 0.00000261. The van der Waals surface area contributed by atoms with Gasteiger partial charge in [0, 0.05) is 46.3 Å². The number of rotatable bonds is 3. The minimum atomic E-state index is -3.03. The van der Waals surface area contributed by atoms with E-state index in [1.54, 1.807) is 20.9 Å². The molecule has 0 atom stereocenters. The van der Waals surface area contributed by atoms with Crippen molar-refractivity contribution in [3.63, 3.8) is 0 Å². The fourth-order valence-corrected chi connectivity index (χ4v) is 5.09. The van der Waals surface area contributed by atoms with E-state index in [2.05, 4.69) is 44.4 Å². The topological polar surface area (TPSA) is 65.0 Å². The molecule has 0 bridgehead atoms. The molecule has 0 aromatic heterocycles. The van der Waals surface area contributed by atoms with Crippen molar-refractivity contribution >= 4 is 39.8 Å². The van der Waals surface area contributed by atoms with Gasteiger partial charge in [0.05, 0.1) is 10.5 Å². The van der Waals surface area contributed by atoms with Crippen molar-refractivity contribution in [3.8, 4) is 0 Å². The third kappa shape index (κ3) is 5.14. The van der Waals surface area contributed by atoms with E-state index in [0.717, 1.165) is 38.6 Å². The van der Waals surface area contributed by atoms with E-state index in [9.17, 15) is 8.42 Å². The molecule has 0 saturated carbocycles. The van der Waals surface area contributed by atoms with Crippen LogP contribution in [0.1, 0.15) is 25.0 Å². The summed E-state index contributed by atoms with van der Waals surface area (Å²) < 4.78 is 23.6. The molecule has 0 spiro atoms. The summed E-state index contributed by atoms with van der Waals surface area (Å²) in [6.45, 7) is 8.40. The van der Waals surface area contributed by atoms with Crippen LogP contribution >= 0.6 is 24.0 Å². The van der Waals surface area contributed by atoms with Crippen molar-refractivity contribution in [2.45, 2.75) is 31.6 Å². The lowest BCUT2D eigenvalue weighted by Crippen LogP contribution is -2.57. The molecule has 152 valence electrons. The number of halogens is 1. The fourth-order valence-electron chi connectivity index (χ4n) is 3.73. The van der Waals surface area contributed by atoms with Crippen molar-refractivity contribution in [2.24, 2.45) is 4.99 Å². The SMILES string of the molecule is CN=C(NCCN1CCc2ccccc2C1)N1CCS(=O)(=O)C(C)(C)C1.I. The zero-order valence-corrected chi connectivity index (χ0v) is 19.6. The van der Waals surface area contributed by atoms with E-state index in [-0.39, 0.29) is 29.7 Å². The second-order valence-corrected chi connectivity index (χ2v) is 10.5. The second kappa shape index (κ2) is 9.09. The molecule has 1 N–H and O–H groups in total. The molecule has 0 unspecified atom stereocenters. The number of fused-ring (bicyclic) bond motifs is 1. The Hall–Kier alpha value is -0.870. The zero-order valence-electron chi connectivity index (χ0n) is 16.4. The highest BCUT2D eigenvalue weighted by molar-refractivity contribution is 14.0. The van der Waals surface area contributed by atoms with Gasteiger partial charge >= 0.3 is 0 Å². The molecule has 2 heterocycles. The molecule has 6 nitrogen and oxygen atoms in total. The van der Waals surface area contributed by atoms with Crippen LogP contribution in [0.4, 0.5) is 0 Å². The van der Waals surface area contributed by atoms with Crippen LogP contribution in [0.2, 0.25) is 0 Å². The van der Waals surface area contributed by atoms with Crippen molar-refractivity contribution in [1.29, 1.82) is 0 Å². The van der Waals surface area contributed by atoms with Gasteiger partial charge in [0.25, 0.3) is 0 Å². The molecule has 2 aliphatic heterocycles. The highest BCUT2D eigenvalue weighted by Crippen LogP contribution is 2.23. The van der Waals surface area contributed by atoms with Crippen LogP contribution in [0, 0.1) is 0 Å². The number of aliphatic imine (C=N–C) groups is 1. The Bertz CT molecular complexity index is 780. The molecule has 2 aliphatic rings. The van der Waals surface area contributed by atoms with Crippen LogP contribution in [-0.2, 0) is 22.8 Å². The standard InChI is InChI=1S/C19H30N4O2S.HI/c1-19(2)15-23(12-13-26(19,24)25)18(20-3)21-9-11-22-10-8-16-6-4-5-7-17(16)14-22;/h4-7H,8-15H2,1-3H3,(H,20,21);1H. The van der Waals surface area contributed by atoms with Crippen LogP contribution in [0.15, 0.2) is 29.3 Å². The van der Waals surface area contributed by atoms with Gasteiger partial charge in [-0.2, -0.15) is 0 Å². The lowest BCUT2D eigenvalue weighted by Gasteiger charge is -2.39. The first-order valence-corrected chi connectivity index (χ1v) is 10.9. The number of guanidine groups is 1. The molecule has 1 fully saturated rings. The third-order valence-corrected chi connectivity index (χ3v) is 8.01. The van der Waals surface area contributed by atoms with Gasteiger partial charge in [0.2, 0.25) is 0 Å². The zero-order chi connectivity index (χ0) is 18.8. The molecular formula is C19H31IN4O2S. The summed E-state index contributed by atoms with van der Waals surface area (Å²) >= 11 is 0. The predicted molar refractivity (Wildman–Crippen MR) is 122 cm³/mol. The molecule has 1 aromatic carbocycles. The second-order valence-electron chi connectivity index (χ2n) is 7.77. The smallest absolute Gasteiger partial charge is 0.193 e. The summed E-state index contributed by atoms with van der Waals surface area (Å²) in [6, 6.07) is 8.65. The summed E-state index contributed by atoms with van der Waals surface area (Å²) in [7, 11) is -1.27. The lowest BCUT2D eigenvalue weighted by atomic mass is 10.00. The highest BCUT2D eigenvalue weighted by Gasteiger charge is 2.40. The minimum absolute atomic E-state index is 0. The minimum Gasteiger partial charge on any atom is -0.355 e. The Labute approximate surface area is 180 Å². The number of hydrogen-bond donors (Lipinski definition) is 1. The monoisotopic (exact) mass is 506 g/mol. The van der Waals surface area contributed by atoms with Gasteiger partial charge < -0.3 is 10.2 Å². The van der Waals surface area contributed by atoms with E-state index in [1.807, 2.05) is 0 Å². The summed E-state index contributed by atoms with van der Waals surface area (Å²) in [5, 5.41) is 3.41. The van der Waals surface area contributed by atoms with Crippen molar-refractivity contribution < 1.29 is 8.42 Å². The lowest BCUT2D eigenvalue weighted by molar-refractivity contribution is 0.256. The highest BCUT2D eigenvalue weighted by atomic mass is 127. The van der Waals surface area contributed by atoms with Crippen molar-refractivity contribution in [1.82, 2.24) is 15.1 Å². The van der Waals surface area contributed by atoms with Crippen LogP contribution in [0.3, 0.4) is 0 Å². The normalized spacial score (nSPS) is 21.9. The van der Waals surface area contributed by atoms with E-state index in [4.69, 9.17) is 0 Å². The average molecular weight is 506 g/mol. The molecule has 0 radical (unpaired) electrons. The van der Waals surface area contributed by atoms with Gasteiger partial charge in [0.15, 0.2) is 15.8 Å². The van der Waals surface area contributed by atoms with Crippen molar-refractivity contribution in [2.75, 3.05) is 45.5 Å². The molecule has 1 aromatic rings. The van der Waals surface area contributed by atoms with E-state index in [1.165, 1.54) is 11.1 Å². The largest absolute Gasteiger partial charge is 0.355 e. The first kappa shape index (κ1) is 22.4. The van der Waals surface area contributed by atoms with Gasteiger partial charge in [-0.3, -0.25) is 9.89 Å². The first-order chi connectivity index (χ1) is 12.3. The van der Waals surface area contributed by atoms with Crippen LogP contribution in [0.25, 0.3) is 0 Å². The van der Waals surface area contributed by atoms with E-state index in [0.29, 0.717) is 13.1 Å². The Kier molecular flexibility index (Phi) is 7.54. The Morgan fingerprint density at radius 3 is 2.59 bits per heavy atom. The molecule has 0 amide bonds. The summed E-state index contributed by atoms with van der Waals surface area (Å²) in [5.74, 6) is 0.981. The van der Waals surface area contributed by atoms with Gasteiger partial charge in [-0.25, -0.2) is 8.42 Å². The van der Waals surface area contributed by atoms with Crippen LogP contribution in [-0.4, -0.2) is 74.4 Å². The molecular weight excluding hydrogens is 475 g/mol. The maximum absolute atomic E-state index is 12.2. The van der Waals surface area contributed by atoms with Gasteiger partial charge in [-0.1, -0.05) is 24.3 Å². The maximum Gasteiger partial charge on any atom is 0.193 e. The molecule has 27 heavy (non-hydrogen) atoms. The first-order valence-electron chi connectivity index (χ1n) is 9.29. The van der Waals surface area contributed by atoms with Crippen molar-refractivity contribution in [3.05, 3.63) is 35.4 Å². The number of nitrogens with zero attached hydrogens (tertiary/aromatic N) is 3. The van der Waals surface area contributed by atoms with Gasteiger partial charge in [-0.15, -0.1) is 24.0 Å². The Morgan fingerprint density at radius 1 is 1.22 bits per heavy atom. The van der Waals surface area contributed by atoms with Crippen LogP contribution in [0.5, 0.6) is 0 Å². The number of hydrogen-bond acceptors (Lipinski definition) is 4. The molecule has 8 heteroatoms. The van der Waals surface area contributed by atoms with Gasteiger partial charge in [0.1, 0.15) is 0 Å². The molecule has 0 aliphatic carbocycles. The maximum atomic E-state index is 12.2. The van der Waals surface area contributed by atoms with Gasteiger partial charge in [-0.05, 0) is 31.4 Å². The predicted octanol–water partition coefficient (Wildman–Crippen LogP) is 1.75. The van der Waals surface area contributed by atoms with E-state index < -0.39 is 14.6 Å². The summed E-state index contributed by atoms with van der Waals surface area (Å²) in [5.41, 5.74) is 2.88. The Morgan fingerprint density at radius 2 is 1.93 bits per heavy atom. The van der Waals surface area contributed by atoms with Crippen LogP contribution < -0.4 is 5.32 Å². The summed E-state index contributed by atoms with van der Waals surface area (Å²) in [6.07, 6.45) is 1.10. The molecule has 1 saturated heterocycles.